The number of rotatable bonds is 3. The molecule has 1 fully saturated rings. The lowest BCUT2D eigenvalue weighted by atomic mass is 9.87. The van der Waals surface area contributed by atoms with Gasteiger partial charge in [0.25, 0.3) is 0 Å². The molecule has 3 nitrogen and oxygen atoms in total. The predicted octanol–water partition coefficient (Wildman–Crippen LogP) is 2.66. The average molecular weight is 248 g/mol. The van der Waals surface area contributed by atoms with Crippen molar-refractivity contribution in [3.05, 3.63) is 24.3 Å². The van der Waals surface area contributed by atoms with Crippen LogP contribution in [0, 0.1) is 0 Å². The van der Waals surface area contributed by atoms with Crippen LogP contribution in [0.4, 0.5) is 5.69 Å². The van der Waals surface area contributed by atoms with Gasteiger partial charge in [-0.15, -0.1) is 0 Å². The van der Waals surface area contributed by atoms with Crippen LogP contribution in [0.2, 0.25) is 0 Å². The van der Waals surface area contributed by atoms with E-state index in [9.17, 15) is 0 Å². The standard InChI is InChI=1S/C15H24N2O/c1-15(2)10-9-12(16-3)11-17(15)13-5-7-14(18-4)8-6-13/h5-8,12,16H,9-11H2,1-4H3. The van der Waals surface area contributed by atoms with Crippen molar-refractivity contribution >= 4 is 5.69 Å². The van der Waals surface area contributed by atoms with E-state index in [0.29, 0.717) is 6.04 Å². The molecule has 2 rings (SSSR count). The molecule has 1 aromatic rings. The normalized spacial score (nSPS) is 22.9. The molecule has 1 saturated heterocycles. The van der Waals surface area contributed by atoms with Gasteiger partial charge in [0.15, 0.2) is 0 Å². The van der Waals surface area contributed by atoms with Crippen LogP contribution in [-0.2, 0) is 0 Å². The van der Waals surface area contributed by atoms with Crippen molar-refractivity contribution in [3.8, 4) is 5.75 Å². The van der Waals surface area contributed by atoms with Gasteiger partial charge >= 0.3 is 0 Å². The third-order valence-corrected chi connectivity index (χ3v) is 4.03. The van der Waals surface area contributed by atoms with Gasteiger partial charge in [0.1, 0.15) is 5.75 Å². The minimum atomic E-state index is 0.224. The summed E-state index contributed by atoms with van der Waals surface area (Å²) in [6, 6.07) is 8.96. The highest BCUT2D eigenvalue weighted by Crippen LogP contribution is 2.33. The Morgan fingerprint density at radius 1 is 1.28 bits per heavy atom. The third kappa shape index (κ3) is 2.61. The monoisotopic (exact) mass is 248 g/mol. The fourth-order valence-corrected chi connectivity index (χ4v) is 2.67. The summed E-state index contributed by atoms with van der Waals surface area (Å²) in [7, 11) is 3.76. The summed E-state index contributed by atoms with van der Waals surface area (Å²) in [6.07, 6.45) is 2.46. The number of nitrogens with zero attached hydrogens (tertiary/aromatic N) is 1. The lowest BCUT2D eigenvalue weighted by Crippen LogP contribution is -2.55. The molecule has 0 amide bonds. The van der Waals surface area contributed by atoms with E-state index in [-0.39, 0.29) is 5.54 Å². The van der Waals surface area contributed by atoms with Crippen molar-refractivity contribution in [3.63, 3.8) is 0 Å². The van der Waals surface area contributed by atoms with Crippen molar-refractivity contribution in [2.75, 3.05) is 25.6 Å². The summed E-state index contributed by atoms with van der Waals surface area (Å²) in [5.41, 5.74) is 1.50. The summed E-state index contributed by atoms with van der Waals surface area (Å²) in [5, 5.41) is 3.40. The van der Waals surface area contributed by atoms with Gasteiger partial charge in [-0.3, -0.25) is 0 Å². The summed E-state index contributed by atoms with van der Waals surface area (Å²) in [5.74, 6) is 0.915. The number of likely N-dealkylation sites (N-methyl/N-ethyl adjacent to an activating group) is 1. The Hall–Kier alpha value is -1.22. The van der Waals surface area contributed by atoms with Crippen LogP contribution in [-0.4, -0.2) is 32.3 Å². The van der Waals surface area contributed by atoms with E-state index in [0.717, 1.165) is 12.3 Å². The molecule has 1 N–H and O–H groups in total. The number of hydrogen-bond donors (Lipinski definition) is 1. The molecule has 1 heterocycles. The van der Waals surface area contributed by atoms with E-state index in [1.165, 1.54) is 18.5 Å². The van der Waals surface area contributed by atoms with E-state index in [1.807, 2.05) is 12.1 Å². The largest absolute Gasteiger partial charge is 0.497 e. The van der Waals surface area contributed by atoms with Crippen molar-refractivity contribution < 1.29 is 4.74 Å². The molecule has 100 valence electrons. The Bertz CT molecular complexity index is 386. The first-order chi connectivity index (χ1) is 8.56. The molecule has 3 heteroatoms. The topological polar surface area (TPSA) is 24.5 Å². The van der Waals surface area contributed by atoms with Gasteiger partial charge in [0.05, 0.1) is 7.11 Å². The summed E-state index contributed by atoms with van der Waals surface area (Å²) in [6.45, 7) is 5.71. The van der Waals surface area contributed by atoms with Gasteiger partial charge in [-0.05, 0) is 58.0 Å². The van der Waals surface area contributed by atoms with E-state index >= 15 is 0 Å². The number of nitrogens with one attached hydrogen (secondary N) is 1. The van der Waals surface area contributed by atoms with E-state index < -0.39 is 0 Å². The highest BCUT2D eigenvalue weighted by atomic mass is 16.5. The fourth-order valence-electron chi connectivity index (χ4n) is 2.67. The van der Waals surface area contributed by atoms with Crippen molar-refractivity contribution in [1.29, 1.82) is 0 Å². The Labute approximate surface area is 110 Å². The number of anilines is 1. The number of benzene rings is 1. The Balaban J connectivity index is 2.21. The second-order valence-electron chi connectivity index (χ2n) is 5.65. The first-order valence-electron chi connectivity index (χ1n) is 6.66. The first-order valence-corrected chi connectivity index (χ1v) is 6.66. The lowest BCUT2D eigenvalue weighted by molar-refractivity contribution is 0.313. The van der Waals surface area contributed by atoms with Crippen molar-refractivity contribution in [2.24, 2.45) is 0 Å². The highest BCUT2D eigenvalue weighted by molar-refractivity contribution is 5.52. The minimum Gasteiger partial charge on any atom is -0.497 e. The Morgan fingerprint density at radius 3 is 2.50 bits per heavy atom. The molecule has 1 unspecified atom stereocenters. The van der Waals surface area contributed by atoms with Crippen molar-refractivity contribution in [2.45, 2.75) is 38.3 Å². The third-order valence-electron chi connectivity index (χ3n) is 4.03. The first kappa shape index (κ1) is 13.2. The van der Waals surface area contributed by atoms with Crippen LogP contribution in [0.15, 0.2) is 24.3 Å². The second-order valence-corrected chi connectivity index (χ2v) is 5.65. The molecule has 1 aliphatic rings. The van der Waals surface area contributed by atoms with E-state index in [2.05, 4.69) is 43.2 Å². The van der Waals surface area contributed by atoms with E-state index in [1.54, 1.807) is 7.11 Å². The molecule has 1 atom stereocenters. The van der Waals surface area contributed by atoms with Crippen LogP contribution in [0.5, 0.6) is 5.75 Å². The molecular weight excluding hydrogens is 224 g/mol. The molecular formula is C15H24N2O. The van der Waals surface area contributed by atoms with Crippen molar-refractivity contribution in [1.82, 2.24) is 5.32 Å². The molecule has 0 aromatic heterocycles. The van der Waals surface area contributed by atoms with Gasteiger partial charge in [-0.2, -0.15) is 0 Å². The maximum atomic E-state index is 5.22. The number of ether oxygens (including phenoxy) is 1. The van der Waals surface area contributed by atoms with Crippen LogP contribution in [0.1, 0.15) is 26.7 Å². The molecule has 0 bridgehead atoms. The molecule has 1 aliphatic heterocycles. The highest BCUT2D eigenvalue weighted by Gasteiger charge is 2.33. The average Bonchev–Trinajstić information content (AvgIpc) is 2.39. The zero-order chi connectivity index (χ0) is 13.2. The number of piperidine rings is 1. The maximum absolute atomic E-state index is 5.22. The maximum Gasteiger partial charge on any atom is 0.119 e. The predicted molar refractivity (Wildman–Crippen MR) is 76.5 cm³/mol. The molecule has 18 heavy (non-hydrogen) atoms. The lowest BCUT2D eigenvalue weighted by Gasteiger charge is -2.47. The zero-order valence-electron chi connectivity index (χ0n) is 11.9. The quantitative estimate of drug-likeness (QED) is 0.890. The number of hydrogen-bond acceptors (Lipinski definition) is 3. The molecule has 0 saturated carbocycles. The summed E-state index contributed by atoms with van der Waals surface area (Å²) < 4.78 is 5.22. The van der Waals surface area contributed by atoms with Gasteiger partial charge < -0.3 is 15.0 Å². The fraction of sp³-hybridized carbons (Fsp3) is 0.600. The van der Waals surface area contributed by atoms with Crippen LogP contribution in [0.3, 0.4) is 0 Å². The molecule has 0 aliphatic carbocycles. The summed E-state index contributed by atoms with van der Waals surface area (Å²) in [4.78, 5) is 2.50. The van der Waals surface area contributed by atoms with Gasteiger partial charge in [-0.25, -0.2) is 0 Å². The van der Waals surface area contributed by atoms with Crippen LogP contribution in [0.25, 0.3) is 0 Å². The van der Waals surface area contributed by atoms with Crippen LogP contribution >= 0.6 is 0 Å². The molecule has 0 radical (unpaired) electrons. The van der Waals surface area contributed by atoms with E-state index in [4.69, 9.17) is 4.74 Å². The smallest absolute Gasteiger partial charge is 0.119 e. The van der Waals surface area contributed by atoms with Gasteiger partial charge in [0.2, 0.25) is 0 Å². The summed E-state index contributed by atoms with van der Waals surface area (Å²) >= 11 is 0. The molecule has 1 aromatic carbocycles. The number of methoxy groups -OCH3 is 1. The SMILES string of the molecule is CNC1CCC(C)(C)N(c2ccc(OC)cc2)C1. The Morgan fingerprint density at radius 2 is 1.94 bits per heavy atom. The van der Waals surface area contributed by atoms with Crippen LogP contribution < -0.4 is 15.0 Å². The second kappa shape index (κ2) is 5.19. The Kier molecular flexibility index (Phi) is 3.81. The van der Waals surface area contributed by atoms with Gasteiger partial charge in [-0.1, -0.05) is 0 Å². The van der Waals surface area contributed by atoms with Gasteiger partial charge in [0, 0.05) is 23.8 Å². The molecule has 0 spiro atoms. The minimum absolute atomic E-state index is 0.224. The zero-order valence-corrected chi connectivity index (χ0v) is 11.9.